The Labute approximate surface area is 148 Å². The summed E-state index contributed by atoms with van der Waals surface area (Å²) in [4.78, 5) is 0. The summed E-state index contributed by atoms with van der Waals surface area (Å²) in [6, 6.07) is 11.5. The summed E-state index contributed by atoms with van der Waals surface area (Å²) in [5, 5.41) is 4.42. The Kier molecular flexibility index (Phi) is 6.51. The van der Waals surface area contributed by atoms with Crippen LogP contribution in [0.25, 0.3) is 0 Å². The zero-order valence-corrected chi connectivity index (χ0v) is 15.3. The summed E-state index contributed by atoms with van der Waals surface area (Å²) < 4.78 is 21.1. The van der Waals surface area contributed by atoms with Crippen LogP contribution in [-0.4, -0.2) is 34.2 Å². The molecular weight excluding hydrogens is 320 g/mol. The lowest BCUT2D eigenvalue weighted by Crippen LogP contribution is -2.09. The Hall–Kier alpha value is -2.89. The van der Waals surface area contributed by atoms with Crippen molar-refractivity contribution >= 4 is 5.71 Å². The number of nitrogens with one attached hydrogen (secondary N) is 1. The van der Waals surface area contributed by atoms with Gasteiger partial charge in [-0.15, -0.1) is 0 Å². The van der Waals surface area contributed by atoms with Crippen molar-refractivity contribution in [1.82, 2.24) is 5.43 Å². The predicted octanol–water partition coefficient (Wildman–Crippen LogP) is 3.23. The van der Waals surface area contributed by atoms with E-state index in [9.17, 15) is 0 Å². The molecule has 0 spiro atoms. The number of ether oxygens (including phenoxy) is 4. The summed E-state index contributed by atoms with van der Waals surface area (Å²) in [6.07, 6.45) is 0. The minimum absolute atomic E-state index is 0.574. The number of rotatable bonds is 8. The van der Waals surface area contributed by atoms with Crippen LogP contribution < -0.4 is 24.4 Å². The van der Waals surface area contributed by atoms with Crippen LogP contribution >= 0.6 is 0 Å². The highest BCUT2D eigenvalue weighted by Crippen LogP contribution is 2.28. The summed E-state index contributed by atoms with van der Waals surface area (Å²) >= 11 is 0. The van der Waals surface area contributed by atoms with Crippen LogP contribution in [0, 0.1) is 0 Å². The molecule has 0 amide bonds. The lowest BCUT2D eigenvalue weighted by atomic mass is 10.1. The maximum absolute atomic E-state index is 5.32. The van der Waals surface area contributed by atoms with Crippen molar-refractivity contribution in [2.75, 3.05) is 28.4 Å². The van der Waals surface area contributed by atoms with Crippen molar-refractivity contribution in [3.63, 3.8) is 0 Å². The average Bonchev–Trinajstić information content (AvgIpc) is 2.66. The van der Waals surface area contributed by atoms with Gasteiger partial charge in [0.2, 0.25) is 0 Å². The number of hydrogen-bond acceptors (Lipinski definition) is 6. The van der Waals surface area contributed by atoms with E-state index in [1.165, 1.54) is 0 Å². The standard InChI is InChI=1S/C19H24N2O4/c1-13(15-7-9-17(23-3)19(11-15)25-5)21-20-12-14-6-8-16(22-2)18(10-14)24-4/h6-11,20H,12H2,1-5H3/b21-13+. The highest BCUT2D eigenvalue weighted by molar-refractivity contribution is 5.99. The Balaban J connectivity index is 2.06. The van der Waals surface area contributed by atoms with E-state index in [1.807, 2.05) is 43.3 Å². The predicted molar refractivity (Wildman–Crippen MR) is 98.1 cm³/mol. The second-order valence-electron chi connectivity index (χ2n) is 5.29. The first kappa shape index (κ1) is 18.4. The van der Waals surface area contributed by atoms with E-state index in [0.29, 0.717) is 29.5 Å². The molecule has 6 heteroatoms. The van der Waals surface area contributed by atoms with Crippen molar-refractivity contribution < 1.29 is 18.9 Å². The molecule has 2 aromatic carbocycles. The van der Waals surface area contributed by atoms with E-state index in [1.54, 1.807) is 28.4 Å². The quantitative estimate of drug-likeness (QED) is 0.588. The second-order valence-corrected chi connectivity index (χ2v) is 5.29. The summed E-state index contributed by atoms with van der Waals surface area (Å²) in [5.74, 6) is 2.77. The third-order valence-corrected chi connectivity index (χ3v) is 3.78. The molecule has 6 nitrogen and oxygen atoms in total. The molecule has 2 aromatic rings. The molecule has 0 bridgehead atoms. The van der Waals surface area contributed by atoms with Crippen LogP contribution in [0.3, 0.4) is 0 Å². The highest BCUT2D eigenvalue weighted by atomic mass is 16.5. The smallest absolute Gasteiger partial charge is 0.161 e. The first-order chi connectivity index (χ1) is 12.1. The minimum Gasteiger partial charge on any atom is -0.493 e. The topological polar surface area (TPSA) is 61.3 Å². The van der Waals surface area contributed by atoms with E-state index < -0.39 is 0 Å². The summed E-state index contributed by atoms with van der Waals surface area (Å²) in [5.41, 5.74) is 5.92. The van der Waals surface area contributed by atoms with Crippen LogP contribution in [0.1, 0.15) is 18.1 Å². The monoisotopic (exact) mass is 344 g/mol. The van der Waals surface area contributed by atoms with Crippen LogP contribution in [-0.2, 0) is 6.54 Å². The molecule has 0 aromatic heterocycles. The van der Waals surface area contributed by atoms with Crippen molar-refractivity contribution in [2.45, 2.75) is 13.5 Å². The highest BCUT2D eigenvalue weighted by Gasteiger charge is 2.07. The van der Waals surface area contributed by atoms with E-state index in [4.69, 9.17) is 18.9 Å². The Morgan fingerprint density at radius 2 is 1.36 bits per heavy atom. The van der Waals surface area contributed by atoms with Gasteiger partial charge in [-0.25, -0.2) is 0 Å². The van der Waals surface area contributed by atoms with Gasteiger partial charge in [-0.1, -0.05) is 6.07 Å². The van der Waals surface area contributed by atoms with Gasteiger partial charge in [0, 0.05) is 5.56 Å². The molecule has 0 aliphatic rings. The van der Waals surface area contributed by atoms with Crippen LogP contribution in [0.2, 0.25) is 0 Å². The third kappa shape index (κ3) is 4.56. The normalized spacial score (nSPS) is 11.0. The number of nitrogens with zero attached hydrogens (tertiary/aromatic N) is 1. The SMILES string of the molecule is COc1ccc(CN/N=C(\C)c2ccc(OC)c(OC)c2)cc1OC. The number of benzene rings is 2. The molecule has 0 saturated heterocycles. The summed E-state index contributed by atoms with van der Waals surface area (Å²) in [7, 11) is 6.47. The molecule has 0 heterocycles. The first-order valence-electron chi connectivity index (χ1n) is 7.83. The molecule has 0 saturated carbocycles. The molecule has 0 unspecified atom stereocenters. The molecule has 25 heavy (non-hydrogen) atoms. The fourth-order valence-electron chi connectivity index (χ4n) is 2.37. The molecule has 0 radical (unpaired) electrons. The molecule has 0 aliphatic heterocycles. The number of hydrazone groups is 1. The maximum Gasteiger partial charge on any atom is 0.161 e. The van der Waals surface area contributed by atoms with Crippen molar-refractivity contribution in [1.29, 1.82) is 0 Å². The zero-order valence-electron chi connectivity index (χ0n) is 15.3. The summed E-state index contributed by atoms with van der Waals surface area (Å²) in [6.45, 7) is 2.51. The molecule has 134 valence electrons. The van der Waals surface area contributed by atoms with Gasteiger partial charge in [0.15, 0.2) is 23.0 Å². The molecular formula is C19H24N2O4. The Morgan fingerprint density at radius 1 is 0.800 bits per heavy atom. The fourth-order valence-corrected chi connectivity index (χ4v) is 2.37. The van der Waals surface area contributed by atoms with E-state index >= 15 is 0 Å². The second kappa shape index (κ2) is 8.82. The van der Waals surface area contributed by atoms with Gasteiger partial charge in [-0.3, -0.25) is 0 Å². The Bertz CT molecular complexity index is 744. The van der Waals surface area contributed by atoms with E-state index in [-0.39, 0.29) is 0 Å². The van der Waals surface area contributed by atoms with Crippen molar-refractivity contribution in [3.8, 4) is 23.0 Å². The van der Waals surface area contributed by atoms with Gasteiger partial charge < -0.3 is 24.4 Å². The third-order valence-electron chi connectivity index (χ3n) is 3.78. The van der Waals surface area contributed by atoms with Crippen molar-refractivity contribution in [2.24, 2.45) is 5.10 Å². The zero-order chi connectivity index (χ0) is 18.2. The van der Waals surface area contributed by atoms with E-state index in [2.05, 4.69) is 10.5 Å². The number of hydrogen-bond donors (Lipinski definition) is 1. The van der Waals surface area contributed by atoms with Gasteiger partial charge in [-0.05, 0) is 42.8 Å². The average molecular weight is 344 g/mol. The minimum atomic E-state index is 0.574. The molecule has 0 atom stereocenters. The van der Waals surface area contributed by atoms with Gasteiger partial charge >= 0.3 is 0 Å². The maximum atomic E-state index is 5.32. The van der Waals surface area contributed by atoms with Gasteiger partial charge in [0.1, 0.15) is 0 Å². The molecule has 0 fully saturated rings. The van der Waals surface area contributed by atoms with Crippen LogP contribution in [0.4, 0.5) is 0 Å². The molecule has 1 N–H and O–H groups in total. The first-order valence-corrected chi connectivity index (χ1v) is 7.83. The molecule has 0 aliphatic carbocycles. The lowest BCUT2D eigenvalue weighted by molar-refractivity contribution is 0.354. The van der Waals surface area contributed by atoms with Crippen LogP contribution in [0.15, 0.2) is 41.5 Å². The van der Waals surface area contributed by atoms with Gasteiger partial charge in [0.05, 0.1) is 40.7 Å². The Morgan fingerprint density at radius 3 is 1.96 bits per heavy atom. The lowest BCUT2D eigenvalue weighted by Gasteiger charge is -2.11. The van der Waals surface area contributed by atoms with Crippen LogP contribution in [0.5, 0.6) is 23.0 Å². The van der Waals surface area contributed by atoms with Gasteiger partial charge in [0.25, 0.3) is 0 Å². The van der Waals surface area contributed by atoms with E-state index in [0.717, 1.165) is 16.8 Å². The number of methoxy groups -OCH3 is 4. The fraction of sp³-hybridized carbons (Fsp3) is 0.316. The largest absolute Gasteiger partial charge is 0.493 e. The van der Waals surface area contributed by atoms with Gasteiger partial charge in [-0.2, -0.15) is 5.10 Å². The molecule has 2 rings (SSSR count). The van der Waals surface area contributed by atoms with Crippen molar-refractivity contribution in [3.05, 3.63) is 47.5 Å².